The molecular formula is C24H29NO3S. The highest BCUT2D eigenvalue weighted by Gasteiger charge is 2.27. The van der Waals surface area contributed by atoms with Gasteiger partial charge in [0.25, 0.3) is 0 Å². The van der Waals surface area contributed by atoms with E-state index in [1.54, 1.807) is 11.3 Å². The first-order chi connectivity index (χ1) is 13.8. The Morgan fingerprint density at radius 2 is 1.93 bits per heavy atom. The van der Waals surface area contributed by atoms with Crippen molar-refractivity contribution in [2.45, 2.75) is 52.2 Å². The number of fused-ring (bicyclic) bond motifs is 2. The normalized spacial score (nSPS) is 17.2. The van der Waals surface area contributed by atoms with Gasteiger partial charge in [-0.3, -0.25) is 4.79 Å². The van der Waals surface area contributed by atoms with Crippen LogP contribution in [0.1, 0.15) is 54.5 Å². The molecule has 1 fully saturated rings. The predicted octanol–water partition coefficient (Wildman–Crippen LogP) is 5.05. The first-order valence-electron chi connectivity index (χ1n) is 10.3. The van der Waals surface area contributed by atoms with E-state index >= 15 is 0 Å². The number of nitrogens with zero attached hydrogens (tertiary/aromatic N) is 1. The minimum atomic E-state index is -0.464. The zero-order valence-corrected chi connectivity index (χ0v) is 18.5. The van der Waals surface area contributed by atoms with Gasteiger partial charge in [-0.15, -0.1) is 11.3 Å². The summed E-state index contributed by atoms with van der Waals surface area (Å²) in [6.45, 7) is 8.40. The minimum absolute atomic E-state index is 0.177. The fourth-order valence-corrected chi connectivity index (χ4v) is 5.24. The van der Waals surface area contributed by atoms with Crippen molar-refractivity contribution in [1.29, 1.82) is 0 Å². The van der Waals surface area contributed by atoms with E-state index in [2.05, 4.69) is 36.2 Å². The van der Waals surface area contributed by atoms with Crippen LogP contribution in [0.5, 0.6) is 5.75 Å². The molecule has 2 aromatic rings. The number of rotatable bonds is 2. The zero-order valence-electron chi connectivity index (χ0n) is 17.7. The van der Waals surface area contributed by atoms with Crippen LogP contribution >= 0.6 is 11.3 Å². The molecule has 1 saturated heterocycles. The lowest BCUT2D eigenvalue weighted by Gasteiger charge is -2.26. The van der Waals surface area contributed by atoms with E-state index in [-0.39, 0.29) is 5.97 Å². The first kappa shape index (κ1) is 20.2. The van der Waals surface area contributed by atoms with Crippen molar-refractivity contribution in [3.05, 3.63) is 56.8 Å². The lowest BCUT2D eigenvalue weighted by atomic mass is 9.91. The molecule has 1 aromatic carbocycles. The maximum absolute atomic E-state index is 12.4. The van der Waals surface area contributed by atoms with Crippen LogP contribution in [0.4, 0.5) is 0 Å². The second kappa shape index (κ2) is 7.96. The maximum Gasteiger partial charge on any atom is 0.311 e. The molecule has 154 valence electrons. The second-order valence-corrected chi connectivity index (χ2v) is 10.0. The average molecular weight is 412 g/mol. The van der Waals surface area contributed by atoms with Gasteiger partial charge in [0.15, 0.2) is 0 Å². The fraction of sp³-hybridized carbons (Fsp3) is 0.458. The fourth-order valence-electron chi connectivity index (χ4n) is 3.98. The van der Waals surface area contributed by atoms with Crippen molar-refractivity contribution in [2.24, 2.45) is 0 Å². The lowest BCUT2D eigenvalue weighted by Crippen LogP contribution is -2.26. The van der Waals surface area contributed by atoms with E-state index in [4.69, 9.17) is 9.47 Å². The number of carbonyl (C=O) groups excluding carboxylic acids is 1. The molecule has 5 heteroatoms. The molecule has 0 radical (unpaired) electrons. The molecular weight excluding hydrogens is 382 g/mol. The smallest absolute Gasteiger partial charge is 0.311 e. The standard InChI is InChI=1S/C24H29NO3S/c1-24(2,3)28-21(26)14-18-13-17-15-27-20-8-6-5-7-19(20)22(23(17)29-18)16-9-11-25(4)12-10-16/h5-8,13H,9-12,14-15H2,1-4H3. The number of hydrogen-bond donors (Lipinski definition) is 0. The monoisotopic (exact) mass is 411 g/mol. The summed E-state index contributed by atoms with van der Waals surface area (Å²) in [7, 11) is 2.18. The molecule has 3 heterocycles. The number of benzene rings is 1. The molecule has 0 N–H and O–H groups in total. The Morgan fingerprint density at radius 1 is 1.21 bits per heavy atom. The molecule has 1 aromatic heterocycles. The predicted molar refractivity (Wildman–Crippen MR) is 117 cm³/mol. The average Bonchev–Trinajstić information content (AvgIpc) is 2.96. The van der Waals surface area contributed by atoms with Gasteiger partial charge in [-0.25, -0.2) is 0 Å². The van der Waals surface area contributed by atoms with Gasteiger partial charge in [0.05, 0.1) is 6.42 Å². The molecule has 4 nitrogen and oxygen atoms in total. The van der Waals surface area contributed by atoms with Crippen LogP contribution in [0.2, 0.25) is 0 Å². The molecule has 0 amide bonds. The lowest BCUT2D eigenvalue weighted by molar-refractivity contribution is -0.153. The number of thiophene rings is 1. The molecule has 4 rings (SSSR count). The Balaban J connectivity index is 1.73. The van der Waals surface area contributed by atoms with Crippen molar-refractivity contribution < 1.29 is 14.3 Å². The highest BCUT2D eigenvalue weighted by Crippen LogP contribution is 2.44. The van der Waals surface area contributed by atoms with Gasteiger partial charge in [-0.2, -0.15) is 0 Å². The maximum atomic E-state index is 12.4. The van der Waals surface area contributed by atoms with Crippen LogP contribution in [0, 0.1) is 0 Å². The Bertz CT molecular complexity index is 941. The summed E-state index contributed by atoms with van der Waals surface area (Å²) in [4.78, 5) is 17.0. The molecule has 2 aliphatic heterocycles. The summed E-state index contributed by atoms with van der Waals surface area (Å²) < 4.78 is 11.7. The molecule has 0 aliphatic carbocycles. The molecule has 2 aliphatic rings. The third-order valence-electron chi connectivity index (χ3n) is 5.31. The molecule has 0 bridgehead atoms. The second-order valence-electron chi connectivity index (χ2n) is 8.90. The molecule has 0 saturated carbocycles. The third kappa shape index (κ3) is 4.57. The molecule has 0 spiro atoms. The van der Waals surface area contributed by atoms with Gasteiger partial charge in [-0.05, 0) is 52.8 Å². The van der Waals surface area contributed by atoms with Gasteiger partial charge >= 0.3 is 5.97 Å². The Hall–Kier alpha value is -2.11. The SMILES string of the molecule is CN1CCC(=C2c3ccccc3OCc3cc(CC(=O)OC(C)(C)C)sc32)CC1. The van der Waals surface area contributed by atoms with Crippen molar-refractivity contribution in [2.75, 3.05) is 20.1 Å². The number of para-hydroxylation sites is 1. The van der Waals surface area contributed by atoms with Crippen LogP contribution in [0.3, 0.4) is 0 Å². The number of carbonyl (C=O) groups is 1. The third-order valence-corrected chi connectivity index (χ3v) is 6.50. The topological polar surface area (TPSA) is 38.8 Å². The zero-order chi connectivity index (χ0) is 20.6. The van der Waals surface area contributed by atoms with E-state index in [0.717, 1.165) is 36.6 Å². The molecule has 29 heavy (non-hydrogen) atoms. The molecule has 0 unspecified atom stereocenters. The number of ether oxygens (including phenoxy) is 2. The Labute approximate surface area is 177 Å². The van der Waals surface area contributed by atoms with E-state index in [0.29, 0.717) is 13.0 Å². The van der Waals surface area contributed by atoms with Gasteiger partial charge in [0.2, 0.25) is 0 Å². The Kier molecular flexibility index (Phi) is 5.54. The number of hydrogen-bond acceptors (Lipinski definition) is 5. The van der Waals surface area contributed by atoms with E-state index in [9.17, 15) is 4.79 Å². The van der Waals surface area contributed by atoms with E-state index in [1.807, 2.05) is 26.8 Å². The minimum Gasteiger partial charge on any atom is -0.488 e. The Morgan fingerprint density at radius 3 is 2.66 bits per heavy atom. The number of piperidine rings is 1. The van der Waals surface area contributed by atoms with Crippen LogP contribution in [-0.4, -0.2) is 36.6 Å². The van der Waals surface area contributed by atoms with Crippen molar-refractivity contribution in [3.63, 3.8) is 0 Å². The summed E-state index contributed by atoms with van der Waals surface area (Å²) in [6, 6.07) is 10.5. The van der Waals surface area contributed by atoms with Crippen LogP contribution in [0.25, 0.3) is 5.57 Å². The van der Waals surface area contributed by atoms with Gasteiger partial charge in [0.1, 0.15) is 18.0 Å². The summed E-state index contributed by atoms with van der Waals surface area (Å²) in [5.74, 6) is 0.773. The number of likely N-dealkylation sites (tertiary alicyclic amines) is 1. The quantitative estimate of drug-likeness (QED) is 0.648. The van der Waals surface area contributed by atoms with Crippen molar-refractivity contribution in [3.8, 4) is 5.75 Å². The van der Waals surface area contributed by atoms with E-state index in [1.165, 1.54) is 27.2 Å². The van der Waals surface area contributed by atoms with Crippen molar-refractivity contribution >= 4 is 22.9 Å². The van der Waals surface area contributed by atoms with E-state index < -0.39 is 5.60 Å². The summed E-state index contributed by atoms with van der Waals surface area (Å²) >= 11 is 1.72. The first-order valence-corrected chi connectivity index (χ1v) is 11.1. The van der Waals surface area contributed by atoms with Crippen LogP contribution in [0.15, 0.2) is 35.9 Å². The number of esters is 1. The summed E-state index contributed by atoms with van der Waals surface area (Å²) in [6.07, 6.45) is 2.44. The highest BCUT2D eigenvalue weighted by molar-refractivity contribution is 7.13. The largest absolute Gasteiger partial charge is 0.488 e. The van der Waals surface area contributed by atoms with Gasteiger partial charge in [-0.1, -0.05) is 23.8 Å². The summed E-state index contributed by atoms with van der Waals surface area (Å²) in [5.41, 5.74) is 4.70. The van der Waals surface area contributed by atoms with Crippen LogP contribution in [-0.2, 0) is 22.6 Å². The summed E-state index contributed by atoms with van der Waals surface area (Å²) in [5, 5.41) is 0. The van der Waals surface area contributed by atoms with Crippen molar-refractivity contribution in [1.82, 2.24) is 4.90 Å². The van der Waals surface area contributed by atoms with Gasteiger partial charge < -0.3 is 14.4 Å². The highest BCUT2D eigenvalue weighted by atomic mass is 32.1. The van der Waals surface area contributed by atoms with Gasteiger partial charge in [0, 0.05) is 39.5 Å². The van der Waals surface area contributed by atoms with Crippen LogP contribution < -0.4 is 4.74 Å². The molecule has 0 atom stereocenters.